The van der Waals surface area contributed by atoms with E-state index >= 15 is 0 Å². The highest BCUT2D eigenvalue weighted by Crippen LogP contribution is 2.04. The molecular weight excluding hydrogens is 174 g/mol. The van der Waals surface area contributed by atoms with Crippen molar-refractivity contribution < 1.29 is 4.79 Å². The molecule has 0 saturated heterocycles. The highest BCUT2D eigenvalue weighted by Gasteiger charge is 2.11. The molecule has 2 nitrogen and oxygen atoms in total. The summed E-state index contributed by atoms with van der Waals surface area (Å²) in [5.74, 6) is 0.000941. The first-order chi connectivity index (χ1) is 5.57. The molecule has 0 aromatic heterocycles. The minimum atomic E-state index is -0.372. The highest BCUT2D eigenvalue weighted by atomic mass is 35.5. The predicted molar refractivity (Wildman–Crippen MR) is 52.6 cm³/mol. The summed E-state index contributed by atoms with van der Waals surface area (Å²) >= 11 is 5.83. The summed E-state index contributed by atoms with van der Waals surface area (Å²) in [6.45, 7) is 2.66. The number of hydrogen-bond donors (Lipinski definition) is 0. The molecule has 0 aliphatic carbocycles. The molecule has 0 rings (SSSR count). The van der Waals surface area contributed by atoms with Crippen LogP contribution in [0.1, 0.15) is 13.3 Å². The zero-order valence-electron chi connectivity index (χ0n) is 7.88. The van der Waals surface area contributed by atoms with E-state index < -0.39 is 0 Å². The molecule has 0 saturated carbocycles. The number of hydrogen-bond acceptors (Lipinski definition) is 2. The van der Waals surface area contributed by atoms with E-state index in [-0.39, 0.29) is 11.2 Å². The second-order valence-electron chi connectivity index (χ2n) is 2.96. The van der Waals surface area contributed by atoms with Crippen LogP contribution in [-0.4, -0.2) is 36.7 Å². The van der Waals surface area contributed by atoms with Gasteiger partial charge in [-0.1, -0.05) is 6.08 Å². The van der Waals surface area contributed by atoms with E-state index in [1.54, 1.807) is 6.08 Å². The van der Waals surface area contributed by atoms with E-state index in [4.69, 9.17) is 11.6 Å². The Hall–Kier alpha value is -0.340. The van der Waals surface area contributed by atoms with Gasteiger partial charge in [-0.2, -0.15) is 0 Å². The average Bonchev–Trinajstić information content (AvgIpc) is 2.00. The first-order valence-electron chi connectivity index (χ1n) is 4.03. The van der Waals surface area contributed by atoms with Crippen LogP contribution < -0.4 is 0 Å². The van der Waals surface area contributed by atoms with Crippen LogP contribution >= 0.6 is 11.6 Å². The molecule has 3 heteroatoms. The lowest BCUT2D eigenvalue weighted by molar-refractivity contribution is -0.114. The molecule has 0 bridgehead atoms. The third kappa shape index (κ3) is 5.33. The molecule has 0 aromatic carbocycles. The summed E-state index contributed by atoms with van der Waals surface area (Å²) < 4.78 is 0. The third-order valence-electron chi connectivity index (χ3n) is 1.47. The number of carbonyl (C=O) groups is 1. The normalized spacial score (nSPS) is 14.1. The van der Waals surface area contributed by atoms with E-state index in [1.807, 2.05) is 25.9 Å². The fourth-order valence-corrected chi connectivity index (χ4v) is 0.953. The van der Waals surface area contributed by atoms with Gasteiger partial charge in [0.1, 0.15) is 0 Å². The molecule has 1 unspecified atom stereocenters. The van der Waals surface area contributed by atoms with Gasteiger partial charge in [0.2, 0.25) is 0 Å². The van der Waals surface area contributed by atoms with Gasteiger partial charge in [-0.25, -0.2) is 0 Å². The monoisotopic (exact) mass is 189 g/mol. The zero-order chi connectivity index (χ0) is 9.56. The zero-order valence-corrected chi connectivity index (χ0v) is 8.64. The quantitative estimate of drug-likeness (QED) is 0.485. The second kappa shape index (κ2) is 6.21. The molecule has 0 aromatic rings. The highest BCUT2D eigenvalue weighted by molar-refractivity contribution is 6.32. The summed E-state index contributed by atoms with van der Waals surface area (Å²) in [6.07, 6.45) is 3.94. The van der Waals surface area contributed by atoms with Crippen LogP contribution in [0.3, 0.4) is 0 Å². The summed E-state index contributed by atoms with van der Waals surface area (Å²) in [5.41, 5.74) is 0. The molecule has 0 aliphatic rings. The summed E-state index contributed by atoms with van der Waals surface area (Å²) in [6, 6.07) is 0. The fraction of sp³-hybridized carbons (Fsp3) is 0.667. The Morgan fingerprint density at radius 3 is 2.58 bits per heavy atom. The molecular formula is C9H16ClNO. The molecule has 70 valence electrons. The van der Waals surface area contributed by atoms with Gasteiger partial charge < -0.3 is 4.90 Å². The van der Waals surface area contributed by atoms with Crippen molar-refractivity contribution in [2.24, 2.45) is 0 Å². The van der Waals surface area contributed by atoms with Crippen molar-refractivity contribution >= 4 is 17.4 Å². The number of halogens is 1. The number of ketones is 1. The Labute approximate surface area is 79.2 Å². The van der Waals surface area contributed by atoms with Gasteiger partial charge >= 0.3 is 0 Å². The van der Waals surface area contributed by atoms with E-state index in [0.717, 1.165) is 6.54 Å². The minimum Gasteiger partial charge on any atom is -0.309 e. The smallest absolute Gasteiger partial charge is 0.173 e. The van der Waals surface area contributed by atoms with Gasteiger partial charge in [-0.15, -0.1) is 11.6 Å². The Kier molecular flexibility index (Phi) is 6.03. The fourth-order valence-electron chi connectivity index (χ4n) is 0.782. The van der Waals surface area contributed by atoms with Crippen LogP contribution in [0.25, 0.3) is 0 Å². The number of carbonyl (C=O) groups excluding carboxylic acids is 1. The van der Waals surface area contributed by atoms with Crippen molar-refractivity contribution in [2.45, 2.75) is 18.7 Å². The van der Waals surface area contributed by atoms with Crippen LogP contribution in [0, 0.1) is 0 Å². The lowest BCUT2D eigenvalue weighted by Gasteiger charge is -2.10. The molecule has 0 radical (unpaired) electrons. The van der Waals surface area contributed by atoms with E-state index in [1.165, 1.54) is 6.08 Å². The van der Waals surface area contributed by atoms with Gasteiger partial charge in [0.05, 0.1) is 5.38 Å². The van der Waals surface area contributed by atoms with Crippen LogP contribution in [-0.2, 0) is 4.79 Å². The SMILES string of the molecule is CC=CC(=O)C(Cl)CCN(C)C. The molecule has 12 heavy (non-hydrogen) atoms. The lowest BCUT2D eigenvalue weighted by Crippen LogP contribution is -2.20. The topological polar surface area (TPSA) is 20.3 Å². The number of nitrogens with zero attached hydrogens (tertiary/aromatic N) is 1. The maximum absolute atomic E-state index is 11.1. The van der Waals surface area contributed by atoms with Crippen molar-refractivity contribution in [3.63, 3.8) is 0 Å². The maximum atomic E-state index is 11.1. The minimum absolute atomic E-state index is 0.000941. The van der Waals surface area contributed by atoms with Crippen molar-refractivity contribution in [3.05, 3.63) is 12.2 Å². The Morgan fingerprint density at radius 1 is 1.58 bits per heavy atom. The molecule has 0 N–H and O–H groups in total. The summed E-state index contributed by atoms with van der Waals surface area (Å²) in [4.78, 5) is 13.1. The Bertz CT molecular complexity index is 166. The molecule has 0 spiro atoms. The molecule has 0 aliphatic heterocycles. The number of allylic oxidation sites excluding steroid dienone is 2. The van der Waals surface area contributed by atoms with Gasteiger partial charge in [0.15, 0.2) is 5.78 Å². The largest absolute Gasteiger partial charge is 0.309 e. The van der Waals surface area contributed by atoms with Gasteiger partial charge in [0, 0.05) is 0 Å². The first-order valence-corrected chi connectivity index (χ1v) is 4.47. The molecule has 0 heterocycles. The van der Waals surface area contributed by atoms with Crippen LogP contribution in [0.5, 0.6) is 0 Å². The van der Waals surface area contributed by atoms with Gasteiger partial charge in [-0.3, -0.25) is 4.79 Å². The lowest BCUT2D eigenvalue weighted by atomic mass is 10.2. The predicted octanol–water partition coefficient (Wildman–Crippen LogP) is 1.69. The number of alkyl halides is 1. The first kappa shape index (κ1) is 11.7. The maximum Gasteiger partial charge on any atom is 0.173 e. The van der Waals surface area contributed by atoms with Crippen LogP contribution in [0.4, 0.5) is 0 Å². The van der Waals surface area contributed by atoms with Gasteiger partial charge in [0.25, 0.3) is 0 Å². The molecule has 1 atom stereocenters. The number of rotatable bonds is 5. The van der Waals surface area contributed by atoms with Crippen LogP contribution in [0.15, 0.2) is 12.2 Å². The summed E-state index contributed by atoms with van der Waals surface area (Å²) in [7, 11) is 3.92. The van der Waals surface area contributed by atoms with E-state index in [0.29, 0.717) is 6.42 Å². The summed E-state index contributed by atoms with van der Waals surface area (Å²) in [5, 5.41) is -0.372. The third-order valence-corrected chi connectivity index (χ3v) is 1.90. The van der Waals surface area contributed by atoms with Crippen molar-refractivity contribution in [2.75, 3.05) is 20.6 Å². The van der Waals surface area contributed by atoms with E-state index in [9.17, 15) is 4.79 Å². The Balaban J connectivity index is 3.71. The molecule has 0 fully saturated rings. The standard InChI is InChI=1S/C9H16ClNO/c1-4-5-9(12)8(10)6-7-11(2)3/h4-5,8H,6-7H2,1-3H3. The van der Waals surface area contributed by atoms with Crippen molar-refractivity contribution in [1.29, 1.82) is 0 Å². The van der Waals surface area contributed by atoms with Gasteiger partial charge in [-0.05, 0) is 40.1 Å². The van der Waals surface area contributed by atoms with Crippen molar-refractivity contribution in [1.82, 2.24) is 4.90 Å². The van der Waals surface area contributed by atoms with Crippen LogP contribution in [0.2, 0.25) is 0 Å². The Morgan fingerprint density at radius 2 is 2.17 bits per heavy atom. The van der Waals surface area contributed by atoms with E-state index in [2.05, 4.69) is 0 Å². The molecule has 0 amide bonds. The average molecular weight is 190 g/mol. The van der Waals surface area contributed by atoms with Crippen molar-refractivity contribution in [3.8, 4) is 0 Å². The second-order valence-corrected chi connectivity index (χ2v) is 3.49.